The third kappa shape index (κ3) is 24.3. The zero-order valence-electron chi connectivity index (χ0n) is 54.5. The van der Waals surface area contributed by atoms with E-state index in [0.29, 0.717) is 36.6 Å². The molecule has 90 heavy (non-hydrogen) atoms. The molecule has 6 rings (SSSR count). The summed E-state index contributed by atoms with van der Waals surface area (Å²) in [6, 6.07) is 35.6. The minimum Gasteiger partial charge on any atom is -0.494 e. The highest BCUT2D eigenvalue weighted by atomic mass is 16.6. The second-order valence-electron chi connectivity index (χ2n) is 23.6. The van der Waals surface area contributed by atoms with Gasteiger partial charge in [-0.15, -0.1) is 23.4 Å². The van der Waals surface area contributed by atoms with Crippen molar-refractivity contribution in [2.75, 3.05) is 32.2 Å². The van der Waals surface area contributed by atoms with Crippen LogP contribution in [0.5, 0.6) is 34.5 Å². The summed E-state index contributed by atoms with van der Waals surface area (Å²) in [5.74, 6) is 0.372. The molecule has 0 N–H and O–H groups in total. The summed E-state index contributed by atoms with van der Waals surface area (Å²) in [7, 11) is 3.73. The zero-order chi connectivity index (χ0) is 64.3. The highest BCUT2D eigenvalue weighted by molar-refractivity contribution is 5.93. The van der Waals surface area contributed by atoms with Gasteiger partial charge in [0, 0.05) is 32.3 Å². The average molecular weight is 1230 g/mol. The van der Waals surface area contributed by atoms with Gasteiger partial charge in [0.05, 0.1) is 53.2 Å². The number of ether oxygens (including phenoxy) is 6. The van der Waals surface area contributed by atoms with Crippen molar-refractivity contribution in [2.45, 2.75) is 194 Å². The van der Waals surface area contributed by atoms with Crippen LogP contribution in [0.15, 0.2) is 157 Å². The van der Waals surface area contributed by atoms with Crippen molar-refractivity contribution < 1.29 is 42.9 Å². The van der Waals surface area contributed by atoms with Gasteiger partial charge in [0.25, 0.3) is 0 Å². The van der Waals surface area contributed by atoms with Crippen LogP contribution < -0.4 is 33.3 Å². The van der Waals surface area contributed by atoms with Crippen molar-refractivity contribution in [1.82, 2.24) is 0 Å². The molecule has 0 unspecified atom stereocenters. The average Bonchev–Trinajstić information content (AvgIpc) is 1.83. The Morgan fingerprint density at radius 2 is 0.867 bits per heavy atom. The van der Waals surface area contributed by atoms with Crippen LogP contribution in [0.1, 0.15) is 203 Å². The number of azo groups is 1. The third-order valence-electron chi connectivity index (χ3n) is 15.8. The van der Waals surface area contributed by atoms with E-state index in [4.69, 9.17) is 33.5 Å². The monoisotopic (exact) mass is 1230 g/mol. The number of nitro groups is 1. The van der Waals surface area contributed by atoms with Gasteiger partial charge in [-0.2, -0.15) is 0 Å². The fourth-order valence-electron chi connectivity index (χ4n) is 10.4. The molecule has 0 heterocycles. The van der Waals surface area contributed by atoms with Crippen LogP contribution in [-0.4, -0.2) is 56.4 Å². The number of carbonyl (C=O) groups is 2. The van der Waals surface area contributed by atoms with Crippen molar-refractivity contribution in [2.24, 2.45) is 10.2 Å². The highest BCUT2D eigenvalue weighted by Crippen LogP contribution is 2.45. The minimum atomic E-state index is -0.817. The number of carbonyl (C=O) groups excluding carboxylic acids is 2. The summed E-state index contributed by atoms with van der Waals surface area (Å²) >= 11 is 0. The minimum absolute atomic E-state index is 0.0348. The van der Waals surface area contributed by atoms with E-state index in [2.05, 4.69) is 32.1 Å². The van der Waals surface area contributed by atoms with Crippen molar-refractivity contribution in [3.05, 3.63) is 168 Å². The topological polar surface area (TPSA) is 161 Å². The summed E-state index contributed by atoms with van der Waals surface area (Å²) in [6.07, 6.45) is 29.5. The molecule has 0 aliphatic carbocycles. The van der Waals surface area contributed by atoms with Gasteiger partial charge in [-0.25, -0.2) is 9.59 Å². The van der Waals surface area contributed by atoms with E-state index in [0.717, 1.165) is 117 Å². The predicted molar refractivity (Wildman–Crippen MR) is 365 cm³/mol. The van der Waals surface area contributed by atoms with Crippen molar-refractivity contribution in [3.63, 3.8) is 0 Å². The first kappa shape index (κ1) is 70.8. The number of nitro benzene ring substituents is 1. The molecule has 482 valence electrons. The van der Waals surface area contributed by atoms with Gasteiger partial charge in [0.15, 0.2) is 11.5 Å². The van der Waals surface area contributed by atoms with Gasteiger partial charge >= 0.3 is 17.6 Å². The second kappa shape index (κ2) is 39.7. The lowest BCUT2D eigenvalue weighted by atomic mass is 10.0. The standard InChI is InChI=1S/C76H98N4O10/c1-9-13-17-21-23-25-27-31-51-85-65-47-43-61(44-48-65)59-35-39-63(40-36-59)75(81)89-72-55-69(79(7)8)73(88-58(6)34-30-20-16-12-4)53-68(72)78-77-67-54-74(70(80(83)84)56-71(67)87-57(5)33-29-19-15-11-3)90-76(82)64-41-37-60(38-42-64)62-45-49-66(50-46-62)86-52-32-28-26-24-22-18-14-10-2/h9,12,35-50,53-58H,1,4,10-11,13-34,51-52H2,2-3,5-8H3/t57-,58-/m0/s1. The van der Waals surface area contributed by atoms with E-state index in [-0.39, 0.29) is 46.4 Å². The highest BCUT2D eigenvalue weighted by Gasteiger charge is 2.26. The summed E-state index contributed by atoms with van der Waals surface area (Å²) in [4.78, 5) is 42.3. The molecular formula is C76H98N4O10. The lowest BCUT2D eigenvalue weighted by molar-refractivity contribution is -0.385. The summed E-state index contributed by atoms with van der Waals surface area (Å²) in [6.45, 7) is 17.3. The zero-order valence-corrected chi connectivity index (χ0v) is 54.5. The molecule has 0 saturated carbocycles. The van der Waals surface area contributed by atoms with Crippen LogP contribution in [0, 0.1) is 10.1 Å². The van der Waals surface area contributed by atoms with Gasteiger partial charge in [-0.1, -0.05) is 164 Å². The molecule has 14 nitrogen and oxygen atoms in total. The van der Waals surface area contributed by atoms with Gasteiger partial charge in [0.2, 0.25) is 5.75 Å². The number of benzene rings is 6. The molecule has 6 aromatic carbocycles. The van der Waals surface area contributed by atoms with E-state index in [1.165, 1.54) is 76.3 Å². The number of allylic oxidation sites excluding steroid dienone is 2. The quantitative estimate of drug-likeness (QED) is 0.00681. The normalized spacial score (nSPS) is 11.8. The van der Waals surface area contributed by atoms with Crippen LogP contribution in [-0.2, 0) is 0 Å². The smallest absolute Gasteiger partial charge is 0.343 e. The summed E-state index contributed by atoms with van der Waals surface area (Å²) in [5, 5.41) is 22.2. The van der Waals surface area contributed by atoms with Gasteiger partial charge in [-0.05, 0) is 149 Å². The molecular weight excluding hydrogens is 1130 g/mol. The van der Waals surface area contributed by atoms with E-state index >= 15 is 0 Å². The molecule has 0 spiro atoms. The first-order chi connectivity index (χ1) is 43.8. The number of anilines is 1. The van der Waals surface area contributed by atoms with E-state index in [9.17, 15) is 19.7 Å². The molecule has 0 saturated heterocycles. The Balaban J connectivity index is 1.25. The van der Waals surface area contributed by atoms with Gasteiger partial charge in [-0.3, -0.25) is 10.1 Å². The van der Waals surface area contributed by atoms with E-state index in [1.54, 1.807) is 48.5 Å². The molecule has 0 aliphatic heterocycles. The Morgan fingerprint density at radius 3 is 1.32 bits per heavy atom. The predicted octanol–water partition coefficient (Wildman–Crippen LogP) is 21.9. The first-order valence-corrected chi connectivity index (χ1v) is 33.1. The molecule has 0 aliphatic rings. The van der Waals surface area contributed by atoms with Gasteiger partial charge < -0.3 is 33.3 Å². The Hall–Kier alpha value is -8.26. The Labute approximate surface area is 536 Å². The number of esters is 2. The van der Waals surface area contributed by atoms with E-state index < -0.39 is 22.5 Å². The Bertz CT molecular complexity index is 3160. The summed E-state index contributed by atoms with van der Waals surface area (Å²) < 4.78 is 37.2. The fraction of sp³-hybridized carbons (Fsp3) is 0.447. The second-order valence-corrected chi connectivity index (χ2v) is 23.6. The van der Waals surface area contributed by atoms with Gasteiger partial charge in [0.1, 0.15) is 28.6 Å². The number of rotatable bonds is 44. The van der Waals surface area contributed by atoms with Crippen molar-refractivity contribution in [3.8, 4) is 56.8 Å². The maximum Gasteiger partial charge on any atom is 0.343 e. The lowest BCUT2D eigenvalue weighted by Crippen LogP contribution is -2.16. The van der Waals surface area contributed by atoms with Crippen LogP contribution in [0.4, 0.5) is 22.7 Å². The molecule has 6 aromatic rings. The molecule has 0 amide bonds. The maximum absolute atomic E-state index is 14.2. The number of hydrogen-bond donors (Lipinski definition) is 0. The van der Waals surface area contributed by atoms with Crippen LogP contribution in [0.3, 0.4) is 0 Å². The molecule has 2 atom stereocenters. The molecule has 0 aromatic heterocycles. The molecule has 0 radical (unpaired) electrons. The summed E-state index contributed by atoms with van der Waals surface area (Å²) in [5.41, 5.74) is 4.41. The van der Waals surface area contributed by atoms with Crippen LogP contribution in [0.25, 0.3) is 22.3 Å². The van der Waals surface area contributed by atoms with Crippen molar-refractivity contribution >= 4 is 34.7 Å². The third-order valence-corrected chi connectivity index (χ3v) is 15.8. The largest absolute Gasteiger partial charge is 0.494 e. The first-order valence-electron chi connectivity index (χ1n) is 33.1. The Kier molecular flexibility index (Phi) is 31.2. The van der Waals surface area contributed by atoms with E-state index in [1.807, 2.05) is 106 Å². The number of hydrogen-bond acceptors (Lipinski definition) is 13. The lowest BCUT2D eigenvalue weighted by Gasteiger charge is -2.23. The molecule has 0 bridgehead atoms. The number of nitrogens with zero attached hydrogens (tertiary/aromatic N) is 4. The molecule has 0 fully saturated rings. The van der Waals surface area contributed by atoms with Crippen LogP contribution in [0.2, 0.25) is 0 Å². The molecule has 14 heteroatoms. The number of unbranched alkanes of at least 4 members (excludes halogenated alkanes) is 18. The van der Waals surface area contributed by atoms with Crippen molar-refractivity contribution in [1.29, 1.82) is 0 Å². The fourth-order valence-corrected chi connectivity index (χ4v) is 10.4. The Morgan fingerprint density at radius 1 is 0.489 bits per heavy atom. The SMILES string of the molecule is C=CCCCCCCCCOc1ccc(-c2ccc(C(=O)Oc3cc(N(C)C)c(O[C@@H](C)CCCCC=C)cc3N=Nc3cc(OC(=O)c4ccc(-c5ccc(OCCCCCCCCCC)cc5)cc4)c([N+](=O)[O-])cc3O[C@@H](C)CCCCCC)cc2)cc1. The van der Waals surface area contributed by atoms with Crippen LogP contribution >= 0.6 is 0 Å². The maximum atomic E-state index is 14.2.